The molecule has 11 heavy (non-hydrogen) atoms. The predicted octanol–water partition coefficient (Wildman–Crippen LogP) is 3.33. The van der Waals surface area contributed by atoms with Crippen molar-refractivity contribution in [3.8, 4) is 0 Å². The van der Waals surface area contributed by atoms with E-state index in [4.69, 9.17) is 0 Å². The molecule has 0 heterocycles. The minimum atomic E-state index is 0.251. The molecule has 0 amide bonds. The van der Waals surface area contributed by atoms with Gasteiger partial charge in [0.2, 0.25) is 0 Å². The third-order valence-corrected chi connectivity index (χ3v) is 2.41. The SMILES string of the molecule is C=CC1C(C)=CC=CC1(C)C. The molecule has 0 aromatic heterocycles. The smallest absolute Gasteiger partial charge is 0.00603 e. The highest BCUT2D eigenvalue weighted by atomic mass is 14.3. The van der Waals surface area contributed by atoms with Gasteiger partial charge in [0.05, 0.1) is 0 Å². The number of rotatable bonds is 1. The summed E-state index contributed by atoms with van der Waals surface area (Å²) in [5.41, 5.74) is 1.66. The molecule has 0 aromatic rings. The summed E-state index contributed by atoms with van der Waals surface area (Å²) in [6.07, 6.45) is 8.58. The second kappa shape index (κ2) is 2.69. The quantitative estimate of drug-likeness (QED) is 0.500. The van der Waals surface area contributed by atoms with Crippen molar-refractivity contribution in [1.82, 2.24) is 0 Å². The lowest BCUT2D eigenvalue weighted by atomic mass is 9.72. The minimum absolute atomic E-state index is 0.251. The average Bonchev–Trinajstić information content (AvgIpc) is 1.86. The van der Waals surface area contributed by atoms with Crippen LogP contribution in [0.25, 0.3) is 0 Å². The Morgan fingerprint density at radius 1 is 1.55 bits per heavy atom. The summed E-state index contributed by atoms with van der Waals surface area (Å²) in [6.45, 7) is 10.5. The first kappa shape index (κ1) is 8.32. The largest absolute Gasteiger partial charge is 0.102 e. The van der Waals surface area contributed by atoms with Crippen molar-refractivity contribution < 1.29 is 0 Å². The molecular formula is C11H16. The van der Waals surface area contributed by atoms with Gasteiger partial charge in [0.15, 0.2) is 0 Å². The van der Waals surface area contributed by atoms with Crippen LogP contribution in [0.4, 0.5) is 0 Å². The van der Waals surface area contributed by atoms with Crippen LogP contribution in [-0.4, -0.2) is 0 Å². The highest BCUT2D eigenvalue weighted by molar-refractivity contribution is 5.27. The molecule has 0 saturated heterocycles. The van der Waals surface area contributed by atoms with Crippen molar-refractivity contribution in [2.45, 2.75) is 20.8 Å². The predicted molar refractivity (Wildman–Crippen MR) is 50.4 cm³/mol. The van der Waals surface area contributed by atoms with Gasteiger partial charge < -0.3 is 0 Å². The van der Waals surface area contributed by atoms with Crippen LogP contribution in [0, 0.1) is 11.3 Å². The van der Waals surface area contributed by atoms with Crippen molar-refractivity contribution in [3.63, 3.8) is 0 Å². The maximum absolute atomic E-state index is 3.86. The molecule has 60 valence electrons. The third-order valence-electron chi connectivity index (χ3n) is 2.41. The minimum Gasteiger partial charge on any atom is -0.102 e. The Morgan fingerprint density at radius 2 is 2.18 bits per heavy atom. The van der Waals surface area contributed by atoms with Crippen LogP contribution >= 0.6 is 0 Å². The topological polar surface area (TPSA) is 0 Å². The van der Waals surface area contributed by atoms with Crippen molar-refractivity contribution >= 4 is 0 Å². The zero-order valence-corrected chi connectivity index (χ0v) is 7.59. The van der Waals surface area contributed by atoms with Crippen LogP contribution < -0.4 is 0 Å². The zero-order chi connectivity index (χ0) is 8.48. The molecule has 1 atom stereocenters. The number of hydrogen-bond acceptors (Lipinski definition) is 0. The van der Waals surface area contributed by atoms with Gasteiger partial charge >= 0.3 is 0 Å². The molecule has 0 aromatic carbocycles. The first-order valence-corrected chi connectivity index (χ1v) is 4.06. The van der Waals surface area contributed by atoms with Gasteiger partial charge in [0, 0.05) is 5.92 Å². The summed E-state index contributed by atoms with van der Waals surface area (Å²) in [6, 6.07) is 0. The van der Waals surface area contributed by atoms with Crippen LogP contribution in [0.1, 0.15) is 20.8 Å². The Balaban J connectivity index is 2.97. The molecule has 0 aliphatic heterocycles. The van der Waals surface area contributed by atoms with E-state index in [1.165, 1.54) is 5.57 Å². The normalized spacial score (nSPS) is 27.9. The van der Waals surface area contributed by atoms with Crippen LogP contribution in [0.2, 0.25) is 0 Å². The van der Waals surface area contributed by atoms with E-state index in [0.29, 0.717) is 5.92 Å². The van der Waals surface area contributed by atoms with Gasteiger partial charge in [-0.05, 0) is 12.3 Å². The van der Waals surface area contributed by atoms with Crippen LogP contribution in [0.15, 0.2) is 36.5 Å². The molecule has 1 aliphatic rings. The second-order valence-corrected chi connectivity index (χ2v) is 3.80. The van der Waals surface area contributed by atoms with Gasteiger partial charge in [-0.15, -0.1) is 6.58 Å². The monoisotopic (exact) mass is 148 g/mol. The molecule has 1 unspecified atom stereocenters. The molecule has 0 N–H and O–H groups in total. The first-order chi connectivity index (χ1) is 5.08. The van der Waals surface area contributed by atoms with Crippen molar-refractivity contribution in [3.05, 3.63) is 36.5 Å². The Hall–Kier alpha value is -0.780. The van der Waals surface area contributed by atoms with Crippen LogP contribution in [0.5, 0.6) is 0 Å². The Bertz CT molecular complexity index is 216. The molecule has 0 fully saturated rings. The Kier molecular flexibility index (Phi) is 2.03. The fourth-order valence-corrected chi connectivity index (χ4v) is 1.73. The van der Waals surface area contributed by atoms with Gasteiger partial charge in [-0.1, -0.05) is 43.7 Å². The third kappa shape index (κ3) is 1.45. The van der Waals surface area contributed by atoms with E-state index in [1.54, 1.807) is 0 Å². The van der Waals surface area contributed by atoms with Gasteiger partial charge in [0.1, 0.15) is 0 Å². The van der Waals surface area contributed by atoms with Gasteiger partial charge in [-0.3, -0.25) is 0 Å². The summed E-state index contributed by atoms with van der Waals surface area (Å²) in [5, 5.41) is 0. The second-order valence-electron chi connectivity index (χ2n) is 3.80. The lowest BCUT2D eigenvalue weighted by Crippen LogP contribution is -2.22. The fourth-order valence-electron chi connectivity index (χ4n) is 1.73. The summed E-state index contributed by atoms with van der Waals surface area (Å²) >= 11 is 0. The summed E-state index contributed by atoms with van der Waals surface area (Å²) in [5.74, 6) is 0.507. The van der Waals surface area contributed by atoms with Crippen molar-refractivity contribution in [1.29, 1.82) is 0 Å². The fraction of sp³-hybridized carbons (Fsp3) is 0.455. The van der Waals surface area contributed by atoms with E-state index < -0.39 is 0 Å². The molecule has 0 radical (unpaired) electrons. The van der Waals surface area contributed by atoms with Crippen LogP contribution in [0.3, 0.4) is 0 Å². The Morgan fingerprint density at radius 3 is 2.55 bits per heavy atom. The maximum atomic E-state index is 3.86. The molecular weight excluding hydrogens is 132 g/mol. The van der Waals surface area contributed by atoms with E-state index in [0.717, 1.165) is 0 Å². The molecule has 0 spiro atoms. The maximum Gasteiger partial charge on any atom is 0.00603 e. The van der Waals surface area contributed by atoms with E-state index in [1.807, 2.05) is 6.08 Å². The van der Waals surface area contributed by atoms with Gasteiger partial charge in [-0.25, -0.2) is 0 Å². The van der Waals surface area contributed by atoms with E-state index in [9.17, 15) is 0 Å². The highest BCUT2D eigenvalue weighted by Gasteiger charge is 2.26. The highest BCUT2D eigenvalue weighted by Crippen LogP contribution is 2.37. The molecule has 0 nitrogen and oxygen atoms in total. The van der Waals surface area contributed by atoms with Crippen LogP contribution in [-0.2, 0) is 0 Å². The Labute approximate surface area is 69.3 Å². The molecule has 0 heteroatoms. The van der Waals surface area contributed by atoms with Gasteiger partial charge in [0.25, 0.3) is 0 Å². The number of hydrogen-bond donors (Lipinski definition) is 0. The lowest BCUT2D eigenvalue weighted by Gasteiger charge is -2.32. The summed E-state index contributed by atoms with van der Waals surface area (Å²) in [4.78, 5) is 0. The number of allylic oxidation sites excluding steroid dienone is 5. The lowest BCUT2D eigenvalue weighted by molar-refractivity contribution is 0.381. The van der Waals surface area contributed by atoms with E-state index in [2.05, 4.69) is 45.6 Å². The molecule has 0 saturated carbocycles. The summed E-state index contributed by atoms with van der Waals surface area (Å²) in [7, 11) is 0. The first-order valence-electron chi connectivity index (χ1n) is 4.06. The van der Waals surface area contributed by atoms with E-state index >= 15 is 0 Å². The molecule has 0 bridgehead atoms. The van der Waals surface area contributed by atoms with Gasteiger partial charge in [-0.2, -0.15) is 0 Å². The summed E-state index contributed by atoms with van der Waals surface area (Å²) < 4.78 is 0. The van der Waals surface area contributed by atoms with E-state index in [-0.39, 0.29) is 5.41 Å². The molecule has 1 rings (SSSR count). The standard InChI is InChI=1S/C11H16/c1-5-10-9(2)7-6-8-11(10,3)4/h5-8,10H,1H2,2-4H3. The average molecular weight is 148 g/mol. The van der Waals surface area contributed by atoms with Crippen molar-refractivity contribution in [2.24, 2.45) is 11.3 Å². The molecule has 1 aliphatic carbocycles. The zero-order valence-electron chi connectivity index (χ0n) is 7.59. The van der Waals surface area contributed by atoms with Crippen molar-refractivity contribution in [2.75, 3.05) is 0 Å².